The Kier molecular flexibility index (Phi) is 6.76. The molecule has 38 heavy (non-hydrogen) atoms. The van der Waals surface area contributed by atoms with E-state index in [0.717, 1.165) is 54.3 Å². The molecule has 0 aliphatic carbocycles. The second kappa shape index (κ2) is 10.5. The summed E-state index contributed by atoms with van der Waals surface area (Å²) in [6.07, 6.45) is 1.76. The van der Waals surface area contributed by atoms with Crippen molar-refractivity contribution >= 4 is 63.1 Å². The van der Waals surface area contributed by atoms with Gasteiger partial charge in [-0.15, -0.1) is 0 Å². The highest BCUT2D eigenvalue weighted by atomic mass is 35.5. The minimum atomic E-state index is 0.430. The van der Waals surface area contributed by atoms with E-state index < -0.39 is 0 Å². The van der Waals surface area contributed by atoms with Crippen LogP contribution in [-0.4, -0.2) is 46.1 Å². The first-order valence-corrected chi connectivity index (χ1v) is 13.0. The van der Waals surface area contributed by atoms with Gasteiger partial charge in [-0.2, -0.15) is 15.1 Å². The summed E-state index contributed by atoms with van der Waals surface area (Å²) in [7, 11) is 0. The van der Waals surface area contributed by atoms with E-state index in [1.807, 2.05) is 54.1 Å². The summed E-state index contributed by atoms with van der Waals surface area (Å²) in [6, 6.07) is 21.6. The summed E-state index contributed by atoms with van der Waals surface area (Å²) in [4.78, 5) is 12.0. The summed E-state index contributed by atoms with van der Waals surface area (Å²) in [6.45, 7) is 5.31. The third kappa shape index (κ3) is 4.98. The molecule has 1 fully saturated rings. The van der Waals surface area contributed by atoms with Gasteiger partial charge in [0, 0.05) is 29.5 Å². The number of morpholine rings is 1. The van der Waals surface area contributed by atoms with Gasteiger partial charge in [-0.3, -0.25) is 0 Å². The molecular weight excluding hydrogens is 521 g/mol. The summed E-state index contributed by atoms with van der Waals surface area (Å²) in [5.41, 5.74) is 5.40. The van der Waals surface area contributed by atoms with Crippen LogP contribution in [0.15, 0.2) is 72.9 Å². The van der Waals surface area contributed by atoms with Crippen molar-refractivity contribution in [3.05, 3.63) is 88.5 Å². The molecule has 0 spiro atoms. The van der Waals surface area contributed by atoms with Crippen molar-refractivity contribution in [2.45, 2.75) is 6.92 Å². The molecule has 8 nitrogen and oxygen atoms in total. The second-order valence-corrected chi connectivity index (χ2v) is 9.84. The molecule has 0 amide bonds. The number of para-hydroxylation sites is 1. The van der Waals surface area contributed by atoms with Crippen LogP contribution in [0.5, 0.6) is 0 Å². The number of rotatable bonds is 6. The molecule has 192 valence electrons. The van der Waals surface area contributed by atoms with Gasteiger partial charge >= 0.3 is 0 Å². The molecular formula is C28H25Cl2N7O. The molecule has 2 N–H and O–H groups in total. The molecule has 3 aromatic carbocycles. The zero-order valence-electron chi connectivity index (χ0n) is 20.7. The fourth-order valence-corrected chi connectivity index (χ4v) is 4.92. The van der Waals surface area contributed by atoms with Gasteiger partial charge in [-0.25, -0.2) is 4.68 Å². The van der Waals surface area contributed by atoms with Gasteiger partial charge < -0.3 is 20.3 Å². The molecule has 0 unspecified atom stereocenters. The number of anilines is 5. The third-order valence-corrected chi connectivity index (χ3v) is 7.00. The smallest absolute Gasteiger partial charge is 0.231 e. The van der Waals surface area contributed by atoms with Gasteiger partial charge in [0.25, 0.3) is 0 Å². The van der Waals surface area contributed by atoms with Crippen molar-refractivity contribution in [3.8, 4) is 5.69 Å². The molecule has 0 atom stereocenters. The zero-order chi connectivity index (χ0) is 26.1. The Morgan fingerprint density at radius 3 is 2.45 bits per heavy atom. The second-order valence-electron chi connectivity index (χ2n) is 9.00. The van der Waals surface area contributed by atoms with Crippen molar-refractivity contribution in [3.63, 3.8) is 0 Å². The number of nitrogens with one attached hydrogen (secondary N) is 2. The number of hydrogen-bond donors (Lipinski definition) is 2. The number of ether oxygens (including phenoxy) is 1. The van der Waals surface area contributed by atoms with E-state index in [-0.39, 0.29) is 0 Å². The van der Waals surface area contributed by atoms with Crippen LogP contribution in [0.25, 0.3) is 16.7 Å². The highest BCUT2D eigenvalue weighted by Gasteiger charge is 2.17. The first-order chi connectivity index (χ1) is 18.5. The maximum atomic E-state index is 6.46. The van der Waals surface area contributed by atoms with Crippen molar-refractivity contribution in [2.75, 3.05) is 41.8 Å². The Labute approximate surface area is 230 Å². The van der Waals surface area contributed by atoms with Gasteiger partial charge in [0.15, 0.2) is 5.65 Å². The van der Waals surface area contributed by atoms with Gasteiger partial charge in [0.2, 0.25) is 5.95 Å². The molecule has 2 aromatic heterocycles. The minimum Gasteiger partial charge on any atom is -0.378 e. The number of nitrogens with zero attached hydrogens (tertiary/aromatic N) is 5. The molecule has 0 radical (unpaired) electrons. The van der Waals surface area contributed by atoms with Crippen LogP contribution in [-0.2, 0) is 4.74 Å². The summed E-state index contributed by atoms with van der Waals surface area (Å²) < 4.78 is 7.30. The molecule has 5 aromatic rings. The van der Waals surface area contributed by atoms with Crippen LogP contribution < -0.4 is 15.5 Å². The predicted octanol–water partition coefficient (Wildman–Crippen LogP) is 6.75. The van der Waals surface area contributed by atoms with E-state index in [4.69, 9.17) is 37.9 Å². The van der Waals surface area contributed by atoms with E-state index in [0.29, 0.717) is 33.1 Å². The maximum Gasteiger partial charge on any atom is 0.231 e. The van der Waals surface area contributed by atoms with E-state index in [2.05, 4.69) is 32.8 Å². The number of benzene rings is 3. The number of fused-ring (bicyclic) bond motifs is 1. The minimum absolute atomic E-state index is 0.430. The van der Waals surface area contributed by atoms with Crippen LogP contribution in [0.1, 0.15) is 5.56 Å². The van der Waals surface area contributed by atoms with E-state index >= 15 is 0 Å². The van der Waals surface area contributed by atoms with Crippen LogP contribution in [0.4, 0.5) is 28.8 Å². The molecule has 1 aliphatic rings. The van der Waals surface area contributed by atoms with Crippen molar-refractivity contribution in [2.24, 2.45) is 0 Å². The fraction of sp³-hybridized carbons (Fsp3) is 0.179. The molecule has 10 heteroatoms. The zero-order valence-corrected chi connectivity index (χ0v) is 22.2. The van der Waals surface area contributed by atoms with Gasteiger partial charge in [-0.05, 0) is 61.0 Å². The Morgan fingerprint density at radius 1 is 0.895 bits per heavy atom. The number of halogens is 2. The van der Waals surface area contributed by atoms with Gasteiger partial charge in [-0.1, -0.05) is 41.4 Å². The van der Waals surface area contributed by atoms with Gasteiger partial charge in [0.05, 0.1) is 41.2 Å². The number of aromatic nitrogens is 4. The Hall–Kier alpha value is -3.85. The largest absolute Gasteiger partial charge is 0.378 e. The lowest BCUT2D eigenvalue weighted by atomic mass is 10.2. The Balaban J connectivity index is 1.39. The first-order valence-electron chi connectivity index (χ1n) is 12.3. The summed E-state index contributed by atoms with van der Waals surface area (Å²) in [5.74, 6) is 1.01. The molecule has 3 heterocycles. The van der Waals surface area contributed by atoms with Crippen molar-refractivity contribution < 1.29 is 4.74 Å². The Morgan fingerprint density at radius 2 is 1.68 bits per heavy atom. The quantitative estimate of drug-likeness (QED) is 0.244. The number of aryl methyl sites for hydroxylation is 1. The lowest BCUT2D eigenvalue weighted by Crippen LogP contribution is -2.36. The predicted molar refractivity (Wildman–Crippen MR) is 154 cm³/mol. The monoisotopic (exact) mass is 545 g/mol. The molecule has 0 bridgehead atoms. The van der Waals surface area contributed by atoms with Crippen LogP contribution in [0.3, 0.4) is 0 Å². The van der Waals surface area contributed by atoms with Crippen molar-refractivity contribution in [1.82, 2.24) is 19.7 Å². The highest BCUT2D eigenvalue weighted by Crippen LogP contribution is 2.32. The molecule has 0 saturated carbocycles. The van der Waals surface area contributed by atoms with E-state index in [1.165, 1.54) is 0 Å². The highest BCUT2D eigenvalue weighted by molar-refractivity contribution is 6.36. The van der Waals surface area contributed by atoms with Crippen LogP contribution in [0, 0.1) is 6.92 Å². The Bertz CT molecular complexity index is 1600. The third-order valence-electron chi connectivity index (χ3n) is 6.46. The van der Waals surface area contributed by atoms with E-state index in [1.54, 1.807) is 18.3 Å². The number of hydrogen-bond acceptors (Lipinski definition) is 7. The standard InChI is InChI=1S/C28H25Cl2N7O/c1-18-4-2-3-5-25(18)37-27-22(17-31-37)26(33-24-11-6-19(29)16-23(24)30)34-28(35-27)32-20-7-9-21(10-8-20)36-12-14-38-15-13-36/h2-11,16-17H,12-15H2,1H3,(H2,32,33,34,35). The molecule has 6 rings (SSSR count). The average Bonchev–Trinajstić information content (AvgIpc) is 3.35. The topological polar surface area (TPSA) is 80.1 Å². The normalized spacial score (nSPS) is 13.6. The fourth-order valence-electron chi connectivity index (χ4n) is 4.46. The van der Waals surface area contributed by atoms with E-state index in [9.17, 15) is 0 Å². The van der Waals surface area contributed by atoms with Gasteiger partial charge in [0.1, 0.15) is 5.82 Å². The first kappa shape index (κ1) is 24.5. The van der Waals surface area contributed by atoms with Crippen LogP contribution >= 0.6 is 23.2 Å². The maximum absolute atomic E-state index is 6.46. The molecule has 1 aliphatic heterocycles. The molecule has 1 saturated heterocycles. The SMILES string of the molecule is Cc1ccccc1-n1ncc2c(Nc3ccc(Cl)cc3Cl)nc(Nc3ccc(N4CCOCC4)cc3)nc21. The van der Waals surface area contributed by atoms with Crippen LogP contribution in [0.2, 0.25) is 10.0 Å². The van der Waals surface area contributed by atoms with Crippen molar-refractivity contribution in [1.29, 1.82) is 0 Å². The summed E-state index contributed by atoms with van der Waals surface area (Å²) >= 11 is 12.6. The average molecular weight is 546 g/mol. The lowest BCUT2D eigenvalue weighted by molar-refractivity contribution is 0.122. The lowest BCUT2D eigenvalue weighted by Gasteiger charge is -2.28. The summed E-state index contributed by atoms with van der Waals surface area (Å²) in [5, 5.41) is 13.2.